The third kappa shape index (κ3) is 2.61. The van der Waals surface area contributed by atoms with Gasteiger partial charge in [-0.05, 0) is 34.2 Å². The van der Waals surface area contributed by atoms with Crippen molar-refractivity contribution in [3.63, 3.8) is 0 Å². The Hall–Kier alpha value is -0.730. The van der Waals surface area contributed by atoms with Crippen molar-refractivity contribution in [2.24, 2.45) is 0 Å². The number of aliphatic hydroxyl groups is 1. The van der Waals surface area contributed by atoms with Gasteiger partial charge in [0.25, 0.3) is 0 Å². The topological polar surface area (TPSA) is 46.2 Å². The lowest BCUT2D eigenvalue weighted by atomic mass is 10.1. The van der Waals surface area contributed by atoms with Gasteiger partial charge in [0.05, 0.1) is 0 Å². The molecular formula is C10H10INO. The van der Waals surface area contributed by atoms with Crippen LogP contribution in [-0.4, -0.2) is 11.2 Å². The van der Waals surface area contributed by atoms with Crippen molar-refractivity contribution in [2.45, 2.75) is 12.5 Å². The molecule has 0 aromatic heterocycles. The first-order valence-electron chi connectivity index (χ1n) is 3.82. The average molecular weight is 287 g/mol. The third-order valence-electron chi connectivity index (χ3n) is 1.71. The van der Waals surface area contributed by atoms with Gasteiger partial charge in [0.2, 0.25) is 0 Å². The van der Waals surface area contributed by atoms with Crippen molar-refractivity contribution in [3.8, 4) is 12.3 Å². The Bertz CT molecular complexity index is 343. The van der Waals surface area contributed by atoms with Crippen LogP contribution in [0.2, 0.25) is 0 Å². The summed E-state index contributed by atoms with van der Waals surface area (Å²) in [5, 5.41) is 9.25. The average Bonchev–Trinajstić information content (AvgIpc) is 2.13. The summed E-state index contributed by atoms with van der Waals surface area (Å²) < 4.78 is 0.967. The Balaban J connectivity index is 2.90. The lowest BCUT2D eigenvalue weighted by molar-refractivity contribution is 0.233. The molecule has 0 amide bonds. The van der Waals surface area contributed by atoms with Gasteiger partial charge in [0.1, 0.15) is 6.10 Å². The first-order valence-corrected chi connectivity index (χ1v) is 4.90. The summed E-state index contributed by atoms with van der Waals surface area (Å²) in [6, 6.07) is 5.60. The van der Waals surface area contributed by atoms with E-state index >= 15 is 0 Å². The fourth-order valence-corrected chi connectivity index (χ4v) is 1.60. The highest BCUT2D eigenvalue weighted by molar-refractivity contribution is 14.1. The molecule has 3 N–H and O–H groups in total. The van der Waals surface area contributed by atoms with Gasteiger partial charge in [-0.2, -0.15) is 0 Å². The van der Waals surface area contributed by atoms with E-state index in [4.69, 9.17) is 12.2 Å². The molecule has 3 heteroatoms. The predicted molar refractivity (Wildman–Crippen MR) is 62.1 cm³/mol. The van der Waals surface area contributed by atoms with Crippen LogP contribution >= 0.6 is 22.6 Å². The lowest BCUT2D eigenvalue weighted by Crippen LogP contribution is -2.08. The molecule has 0 aliphatic heterocycles. The summed E-state index contributed by atoms with van der Waals surface area (Å²) in [4.78, 5) is 0. The quantitative estimate of drug-likeness (QED) is 0.491. The predicted octanol–water partition coefficient (Wildman–Crippen LogP) is 1.41. The van der Waals surface area contributed by atoms with Crippen LogP contribution in [0.15, 0.2) is 18.2 Å². The van der Waals surface area contributed by atoms with E-state index in [2.05, 4.69) is 28.5 Å². The molecule has 0 bridgehead atoms. The van der Waals surface area contributed by atoms with Crippen LogP contribution in [0.25, 0.3) is 0 Å². The van der Waals surface area contributed by atoms with Crippen LogP contribution < -0.4 is 5.73 Å². The summed E-state index contributed by atoms with van der Waals surface area (Å²) in [5.74, 6) is 2.27. The van der Waals surface area contributed by atoms with Crippen LogP contribution in [0, 0.1) is 15.9 Å². The molecule has 0 aliphatic rings. The number of aliphatic hydroxyl groups excluding tert-OH is 1. The molecule has 1 atom stereocenters. The monoisotopic (exact) mass is 287 g/mol. The van der Waals surface area contributed by atoms with Gasteiger partial charge in [-0.15, -0.1) is 6.42 Å². The van der Waals surface area contributed by atoms with E-state index in [9.17, 15) is 5.11 Å². The number of rotatable bonds is 2. The van der Waals surface area contributed by atoms with Crippen molar-refractivity contribution in [1.29, 1.82) is 0 Å². The second-order valence-corrected chi connectivity index (χ2v) is 3.79. The van der Waals surface area contributed by atoms with E-state index < -0.39 is 6.10 Å². The Kier molecular flexibility index (Phi) is 3.58. The molecule has 13 heavy (non-hydrogen) atoms. The van der Waals surface area contributed by atoms with Crippen LogP contribution in [0.1, 0.15) is 5.56 Å². The summed E-state index contributed by atoms with van der Waals surface area (Å²) in [5.41, 5.74) is 7.41. The number of terminal acetylenes is 1. The van der Waals surface area contributed by atoms with Gasteiger partial charge in [0.15, 0.2) is 0 Å². The lowest BCUT2D eigenvalue weighted by Gasteiger charge is -2.07. The number of hydrogen-bond acceptors (Lipinski definition) is 2. The fraction of sp³-hybridized carbons (Fsp3) is 0.200. The van der Waals surface area contributed by atoms with Crippen molar-refractivity contribution >= 4 is 28.3 Å². The Morgan fingerprint density at radius 2 is 2.31 bits per heavy atom. The highest BCUT2D eigenvalue weighted by Gasteiger charge is 2.06. The van der Waals surface area contributed by atoms with Gasteiger partial charge >= 0.3 is 0 Å². The molecule has 0 fully saturated rings. The SMILES string of the molecule is C#C[C@H](O)Cc1cccc(N)c1I. The molecule has 1 aromatic rings. The van der Waals surface area contributed by atoms with Gasteiger partial charge in [-0.1, -0.05) is 18.1 Å². The Morgan fingerprint density at radius 1 is 1.62 bits per heavy atom. The number of halogens is 1. The van der Waals surface area contributed by atoms with Crippen LogP contribution in [-0.2, 0) is 6.42 Å². The second kappa shape index (κ2) is 4.49. The first-order chi connectivity index (χ1) is 6.15. The molecule has 0 radical (unpaired) electrons. The number of anilines is 1. The number of nitrogen functional groups attached to an aromatic ring is 1. The maximum atomic E-state index is 9.25. The molecule has 0 heterocycles. The Morgan fingerprint density at radius 3 is 2.92 bits per heavy atom. The largest absolute Gasteiger partial charge is 0.398 e. The third-order valence-corrected chi connectivity index (χ3v) is 3.03. The molecular weight excluding hydrogens is 277 g/mol. The maximum absolute atomic E-state index is 9.25. The van der Waals surface area contributed by atoms with E-state index in [0.29, 0.717) is 6.42 Å². The minimum absolute atomic E-state index is 0.458. The highest BCUT2D eigenvalue weighted by Crippen LogP contribution is 2.20. The molecule has 1 rings (SSSR count). The second-order valence-electron chi connectivity index (χ2n) is 2.71. The number of nitrogens with two attached hydrogens (primary N) is 1. The minimum Gasteiger partial charge on any atom is -0.398 e. The molecule has 0 saturated carbocycles. The standard InChI is InChI=1S/C10H10INO/c1-2-8(13)6-7-4-3-5-9(12)10(7)11/h1,3-5,8,13H,6,12H2/t8-/m0/s1. The number of hydrogen-bond donors (Lipinski definition) is 2. The van der Waals surface area contributed by atoms with E-state index in [1.165, 1.54) is 0 Å². The van der Waals surface area contributed by atoms with Crippen LogP contribution in [0.3, 0.4) is 0 Å². The van der Waals surface area contributed by atoms with E-state index in [1.807, 2.05) is 18.2 Å². The molecule has 1 aromatic carbocycles. The van der Waals surface area contributed by atoms with Crippen LogP contribution in [0.5, 0.6) is 0 Å². The molecule has 2 nitrogen and oxygen atoms in total. The van der Waals surface area contributed by atoms with Gasteiger partial charge in [0, 0.05) is 15.7 Å². The van der Waals surface area contributed by atoms with Crippen molar-refractivity contribution in [3.05, 3.63) is 27.3 Å². The molecule has 0 saturated heterocycles. The molecule has 0 spiro atoms. The summed E-state index contributed by atoms with van der Waals surface area (Å²) >= 11 is 2.15. The maximum Gasteiger partial charge on any atom is 0.118 e. The minimum atomic E-state index is -0.727. The Labute approximate surface area is 91.3 Å². The number of benzene rings is 1. The first kappa shape index (κ1) is 10.4. The van der Waals surface area contributed by atoms with E-state index in [0.717, 1.165) is 14.8 Å². The van der Waals surface area contributed by atoms with Crippen molar-refractivity contribution < 1.29 is 5.11 Å². The normalized spacial score (nSPS) is 12.1. The highest BCUT2D eigenvalue weighted by atomic mass is 127. The zero-order chi connectivity index (χ0) is 9.84. The molecule has 68 valence electrons. The van der Waals surface area contributed by atoms with Crippen LogP contribution in [0.4, 0.5) is 5.69 Å². The smallest absolute Gasteiger partial charge is 0.118 e. The fourth-order valence-electron chi connectivity index (χ4n) is 1.02. The van der Waals surface area contributed by atoms with E-state index in [-0.39, 0.29) is 0 Å². The van der Waals surface area contributed by atoms with Crippen molar-refractivity contribution in [2.75, 3.05) is 5.73 Å². The summed E-state index contributed by atoms with van der Waals surface area (Å²) in [7, 11) is 0. The summed E-state index contributed by atoms with van der Waals surface area (Å²) in [6.45, 7) is 0. The van der Waals surface area contributed by atoms with Gasteiger partial charge < -0.3 is 10.8 Å². The zero-order valence-electron chi connectivity index (χ0n) is 7.00. The zero-order valence-corrected chi connectivity index (χ0v) is 9.15. The molecule has 0 aliphatic carbocycles. The van der Waals surface area contributed by atoms with Gasteiger partial charge in [-0.25, -0.2) is 0 Å². The molecule has 0 unspecified atom stereocenters. The van der Waals surface area contributed by atoms with E-state index in [1.54, 1.807) is 0 Å². The van der Waals surface area contributed by atoms with Crippen molar-refractivity contribution in [1.82, 2.24) is 0 Å². The van der Waals surface area contributed by atoms with Gasteiger partial charge in [-0.3, -0.25) is 0 Å². The summed E-state index contributed by atoms with van der Waals surface area (Å²) in [6.07, 6.45) is 4.81.